The second-order valence-electron chi connectivity index (χ2n) is 6.64. The lowest BCUT2D eigenvalue weighted by molar-refractivity contribution is -0.156. The summed E-state index contributed by atoms with van der Waals surface area (Å²) in [6.45, 7) is 4.37. The first kappa shape index (κ1) is 13.7. The lowest BCUT2D eigenvalue weighted by atomic mass is 9.57. The molecular formula is C18H24O2. The van der Waals surface area contributed by atoms with Crippen LogP contribution in [0.4, 0.5) is 0 Å². The quantitative estimate of drug-likeness (QED) is 0.811. The zero-order valence-corrected chi connectivity index (χ0v) is 12.5. The van der Waals surface area contributed by atoms with Crippen LogP contribution in [0, 0.1) is 5.41 Å². The van der Waals surface area contributed by atoms with Crippen LogP contribution in [0.2, 0.25) is 0 Å². The average molecular weight is 272 g/mol. The van der Waals surface area contributed by atoms with Crippen molar-refractivity contribution < 1.29 is 9.53 Å². The summed E-state index contributed by atoms with van der Waals surface area (Å²) < 4.78 is 6.29. The molecule has 2 aliphatic rings. The molecule has 0 heterocycles. The second kappa shape index (κ2) is 5.23. The molecule has 2 saturated carbocycles. The van der Waals surface area contributed by atoms with Gasteiger partial charge in [-0.3, -0.25) is 4.79 Å². The molecule has 0 bridgehead atoms. The van der Waals surface area contributed by atoms with E-state index in [2.05, 4.69) is 32.0 Å². The number of para-hydroxylation sites is 1. The van der Waals surface area contributed by atoms with Crippen LogP contribution in [0.15, 0.2) is 24.3 Å². The maximum Gasteiger partial charge on any atom is 0.146 e. The molecule has 2 nitrogen and oxygen atoms in total. The third kappa shape index (κ3) is 2.15. The van der Waals surface area contributed by atoms with Gasteiger partial charge in [0, 0.05) is 6.42 Å². The van der Waals surface area contributed by atoms with Crippen LogP contribution >= 0.6 is 0 Å². The van der Waals surface area contributed by atoms with E-state index in [1.165, 1.54) is 24.8 Å². The first-order valence-electron chi connectivity index (χ1n) is 7.92. The molecule has 0 aliphatic heterocycles. The molecule has 0 radical (unpaired) electrons. The molecule has 0 N–H and O–H groups in total. The number of Topliss-reactive ketones (excluding diaryl/α,β-unsaturated/α-hetero) is 1. The number of ether oxygens (including phenoxy) is 1. The SMILES string of the molecule is CC(C)c1ccccc1OC1CC(=O)C12CCCCC2. The minimum absolute atomic E-state index is 0.107. The standard InChI is InChI=1S/C18H24O2/c1-13(2)14-8-4-5-9-15(14)20-17-12-16(19)18(17)10-6-3-7-11-18/h4-5,8-9,13,17H,3,6-7,10-12H2,1-2H3. The molecular weight excluding hydrogens is 248 g/mol. The lowest BCUT2D eigenvalue weighted by Crippen LogP contribution is -2.57. The molecule has 1 aromatic carbocycles. The molecule has 108 valence electrons. The van der Waals surface area contributed by atoms with Crippen LogP contribution in [0.25, 0.3) is 0 Å². The fourth-order valence-corrected chi connectivity index (χ4v) is 3.77. The van der Waals surface area contributed by atoms with Crippen LogP contribution < -0.4 is 4.74 Å². The Hall–Kier alpha value is -1.31. The van der Waals surface area contributed by atoms with Crippen molar-refractivity contribution in [2.45, 2.75) is 64.4 Å². The van der Waals surface area contributed by atoms with Gasteiger partial charge in [-0.25, -0.2) is 0 Å². The highest BCUT2D eigenvalue weighted by Crippen LogP contribution is 2.50. The van der Waals surface area contributed by atoms with E-state index in [1.54, 1.807) is 0 Å². The summed E-state index contributed by atoms with van der Waals surface area (Å²) in [5.74, 6) is 1.86. The highest BCUT2D eigenvalue weighted by atomic mass is 16.5. The molecule has 2 aliphatic carbocycles. The van der Waals surface area contributed by atoms with Crippen molar-refractivity contribution >= 4 is 5.78 Å². The summed E-state index contributed by atoms with van der Waals surface area (Å²) in [5, 5.41) is 0. The smallest absolute Gasteiger partial charge is 0.146 e. The van der Waals surface area contributed by atoms with E-state index in [0.29, 0.717) is 18.1 Å². The molecule has 0 amide bonds. The summed E-state index contributed by atoms with van der Waals surface area (Å²) in [4.78, 5) is 12.1. The topological polar surface area (TPSA) is 26.3 Å². The fraction of sp³-hybridized carbons (Fsp3) is 0.611. The van der Waals surface area contributed by atoms with Crippen molar-refractivity contribution in [3.63, 3.8) is 0 Å². The Bertz CT molecular complexity index is 498. The van der Waals surface area contributed by atoms with Crippen LogP contribution in [0.1, 0.15) is 63.9 Å². The fourth-order valence-electron chi connectivity index (χ4n) is 3.77. The highest BCUT2D eigenvalue weighted by Gasteiger charge is 2.56. The number of hydrogen-bond donors (Lipinski definition) is 0. The van der Waals surface area contributed by atoms with Gasteiger partial charge in [-0.1, -0.05) is 51.3 Å². The van der Waals surface area contributed by atoms with E-state index < -0.39 is 0 Å². The van der Waals surface area contributed by atoms with Gasteiger partial charge in [0.05, 0.1) is 5.41 Å². The third-order valence-corrected chi connectivity index (χ3v) is 5.10. The number of carbonyl (C=O) groups is 1. The van der Waals surface area contributed by atoms with E-state index >= 15 is 0 Å². The van der Waals surface area contributed by atoms with Crippen LogP contribution in [0.5, 0.6) is 5.75 Å². The van der Waals surface area contributed by atoms with Gasteiger partial charge in [0.1, 0.15) is 17.6 Å². The molecule has 3 rings (SSSR count). The molecule has 0 saturated heterocycles. The molecule has 0 aromatic heterocycles. The average Bonchev–Trinajstić information content (AvgIpc) is 2.48. The Kier molecular flexibility index (Phi) is 3.57. The van der Waals surface area contributed by atoms with Gasteiger partial charge in [0.25, 0.3) is 0 Å². The van der Waals surface area contributed by atoms with Gasteiger partial charge in [0.15, 0.2) is 0 Å². The first-order chi connectivity index (χ1) is 9.63. The predicted octanol–water partition coefficient (Wildman–Crippen LogP) is 4.48. The van der Waals surface area contributed by atoms with Crippen molar-refractivity contribution in [2.24, 2.45) is 5.41 Å². The van der Waals surface area contributed by atoms with E-state index in [9.17, 15) is 4.79 Å². The van der Waals surface area contributed by atoms with Crippen LogP contribution in [-0.2, 0) is 4.79 Å². The summed E-state index contributed by atoms with van der Waals surface area (Å²) in [5.41, 5.74) is 1.10. The molecule has 1 aromatic rings. The summed E-state index contributed by atoms with van der Waals surface area (Å²) in [6, 6.07) is 8.27. The number of carbonyl (C=O) groups excluding carboxylic acids is 1. The summed E-state index contributed by atoms with van der Waals surface area (Å²) in [7, 11) is 0. The Morgan fingerprint density at radius 1 is 1.15 bits per heavy atom. The van der Waals surface area contributed by atoms with Gasteiger partial charge < -0.3 is 4.74 Å². The van der Waals surface area contributed by atoms with Crippen molar-refractivity contribution in [3.05, 3.63) is 29.8 Å². The third-order valence-electron chi connectivity index (χ3n) is 5.10. The largest absolute Gasteiger partial charge is 0.489 e. The molecule has 1 spiro atoms. The monoisotopic (exact) mass is 272 g/mol. The number of hydrogen-bond acceptors (Lipinski definition) is 2. The van der Waals surface area contributed by atoms with Gasteiger partial charge >= 0.3 is 0 Å². The predicted molar refractivity (Wildman–Crippen MR) is 80.1 cm³/mol. The Balaban J connectivity index is 1.80. The maximum absolute atomic E-state index is 12.1. The van der Waals surface area contributed by atoms with E-state index in [4.69, 9.17) is 4.74 Å². The van der Waals surface area contributed by atoms with Crippen molar-refractivity contribution in [1.29, 1.82) is 0 Å². The Morgan fingerprint density at radius 3 is 2.50 bits per heavy atom. The molecule has 20 heavy (non-hydrogen) atoms. The van der Waals surface area contributed by atoms with E-state index in [0.717, 1.165) is 18.6 Å². The molecule has 1 atom stereocenters. The van der Waals surface area contributed by atoms with Crippen LogP contribution in [-0.4, -0.2) is 11.9 Å². The van der Waals surface area contributed by atoms with Crippen molar-refractivity contribution in [1.82, 2.24) is 0 Å². The van der Waals surface area contributed by atoms with Gasteiger partial charge in [-0.05, 0) is 30.4 Å². The molecule has 2 heteroatoms. The van der Waals surface area contributed by atoms with Crippen molar-refractivity contribution in [3.8, 4) is 5.75 Å². The van der Waals surface area contributed by atoms with Crippen LogP contribution in [0.3, 0.4) is 0 Å². The van der Waals surface area contributed by atoms with Crippen molar-refractivity contribution in [2.75, 3.05) is 0 Å². The maximum atomic E-state index is 12.1. The Morgan fingerprint density at radius 2 is 1.85 bits per heavy atom. The molecule has 1 unspecified atom stereocenters. The zero-order chi connectivity index (χ0) is 14.2. The zero-order valence-electron chi connectivity index (χ0n) is 12.5. The van der Waals surface area contributed by atoms with Gasteiger partial charge in [0.2, 0.25) is 0 Å². The van der Waals surface area contributed by atoms with Gasteiger partial charge in [-0.15, -0.1) is 0 Å². The summed E-state index contributed by atoms with van der Waals surface area (Å²) >= 11 is 0. The van der Waals surface area contributed by atoms with E-state index in [1.807, 2.05) is 6.07 Å². The minimum atomic E-state index is -0.150. The number of rotatable bonds is 3. The molecule has 2 fully saturated rings. The lowest BCUT2D eigenvalue weighted by Gasteiger charge is -2.49. The highest BCUT2D eigenvalue weighted by molar-refractivity contribution is 5.92. The first-order valence-corrected chi connectivity index (χ1v) is 7.92. The van der Waals surface area contributed by atoms with E-state index in [-0.39, 0.29) is 11.5 Å². The number of ketones is 1. The number of benzene rings is 1. The minimum Gasteiger partial charge on any atom is -0.489 e. The Labute approximate surface area is 121 Å². The second-order valence-corrected chi connectivity index (χ2v) is 6.64. The van der Waals surface area contributed by atoms with Gasteiger partial charge in [-0.2, -0.15) is 0 Å². The summed E-state index contributed by atoms with van der Waals surface area (Å²) in [6.07, 6.45) is 6.39. The normalized spacial score (nSPS) is 24.8.